The molecule has 0 amide bonds. The third kappa shape index (κ3) is 4.89. The zero-order valence-corrected chi connectivity index (χ0v) is 14.6. The number of ether oxygens (including phenoxy) is 1. The van der Waals surface area contributed by atoms with Crippen LogP contribution >= 0.6 is 12.2 Å². The topological polar surface area (TPSA) is 62.7 Å². The Kier molecular flexibility index (Phi) is 6.03. The molecule has 6 heteroatoms. The van der Waals surface area contributed by atoms with Crippen LogP contribution < -0.4 is 10.7 Å². The molecule has 0 radical (unpaired) electrons. The van der Waals surface area contributed by atoms with Crippen molar-refractivity contribution in [3.63, 3.8) is 0 Å². The molecule has 124 valence electrons. The second-order valence-electron chi connectivity index (χ2n) is 5.26. The van der Waals surface area contributed by atoms with E-state index in [1.807, 2.05) is 26.0 Å². The fourth-order valence-electron chi connectivity index (χ4n) is 2.09. The number of methoxy groups -OCH3 is 1. The molecule has 0 heterocycles. The number of aryl methyl sites for hydroxylation is 2. The zero-order chi connectivity index (χ0) is 17.5. The van der Waals surface area contributed by atoms with Crippen LogP contribution in [0.2, 0.25) is 0 Å². The predicted octanol–water partition coefficient (Wildman–Crippen LogP) is 3.41. The summed E-state index contributed by atoms with van der Waals surface area (Å²) in [6.07, 6.45) is 1.62. The van der Waals surface area contributed by atoms with Gasteiger partial charge in [0.05, 0.1) is 18.9 Å². The minimum Gasteiger partial charge on any atom is -0.465 e. The van der Waals surface area contributed by atoms with Gasteiger partial charge in [-0.25, -0.2) is 4.79 Å². The van der Waals surface area contributed by atoms with Gasteiger partial charge >= 0.3 is 5.97 Å². The molecule has 0 saturated heterocycles. The first-order valence-corrected chi connectivity index (χ1v) is 7.76. The van der Waals surface area contributed by atoms with E-state index >= 15 is 0 Å². The van der Waals surface area contributed by atoms with Crippen molar-refractivity contribution in [2.45, 2.75) is 13.8 Å². The average Bonchev–Trinajstić information content (AvgIpc) is 2.57. The number of nitrogens with zero attached hydrogens (tertiary/aromatic N) is 1. The van der Waals surface area contributed by atoms with Gasteiger partial charge < -0.3 is 10.1 Å². The molecule has 0 atom stereocenters. The molecule has 0 aliphatic heterocycles. The van der Waals surface area contributed by atoms with Crippen molar-refractivity contribution in [3.8, 4) is 0 Å². The van der Waals surface area contributed by atoms with E-state index in [9.17, 15) is 4.79 Å². The Morgan fingerprint density at radius 1 is 1.17 bits per heavy atom. The van der Waals surface area contributed by atoms with Crippen molar-refractivity contribution in [1.82, 2.24) is 5.43 Å². The predicted molar refractivity (Wildman–Crippen MR) is 101 cm³/mol. The molecule has 5 nitrogen and oxygen atoms in total. The van der Waals surface area contributed by atoms with Crippen molar-refractivity contribution >= 4 is 35.2 Å². The first-order chi connectivity index (χ1) is 11.5. The summed E-state index contributed by atoms with van der Waals surface area (Å²) in [5.41, 5.74) is 7.35. The van der Waals surface area contributed by atoms with Gasteiger partial charge in [-0.15, -0.1) is 0 Å². The van der Waals surface area contributed by atoms with Crippen molar-refractivity contribution in [2.75, 3.05) is 12.4 Å². The number of hydrazone groups is 1. The van der Waals surface area contributed by atoms with Crippen molar-refractivity contribution in [3.05, 3.63) is 64.7 Å². The molecule has 0 unspecified atom stereocenters. The lowest BCUT2D eigenvalue weighted by atomic mass is 10.1. The monoisotopic (exact) mass is 341 g/mol. The van der Waals surface area contributed by atoms with E-state index in [2.05, 4.69) is 26.6 Å². The molecule has 2 aromatic carbocycles. The molecule has 0 aliphatic carbocycles. The Balaban J connectivity index is 1.91. The fourth-order valence-corrected chi connectivity index (χ4v) is 2.26. The highest BCUT2D eigenvalue weighted by atomic mass is 32.1. The molecule has 0 bridgehead atoms. The second kappa shape index (κ2) is 8.21. The Hall–Kier alpha value is -2.73. The maximum atomic E-state index is 11.4. The molecule has 24 heavy (non-hydrogen) atoms. The number of nitrogens with one attached hydrogen (secondary N) is 2. The van der Waals surface area contributed by atoms with Crippen LogP contribution in [0, 0.1) is 13.8 Å². The number of hydrogen-bond donors (Lipinski definition) is 2. The number of benzene rings is 2. The fraction of sp³-hybridized carbons (Fsp3) is 0.167. The van der Waals surface area contributed by atoms with Gasteiger partial charge in [-0.3, -0.25) is 5.43 Å². The van der Waals surface area contributed by atoms with Crippen LogP contribution in [0.25, 0.3) is 0 Å². The number of rotatable bonds is 4. The Morgan fingerprint density at radius 2 is 1.88 bits per heavy atom. The molecule has 2 N–H and O–H groups in total. The molecule has 2 rings (SSSR count). The van der Waals surface area contributed by atoms with Gasteiger partial charge in [0.25, 0.3) is 0 Å². The SMILES string of the molecule is COC(=O)c1ccc(C=NNC(=S)Nc2ccc(C)cc2C)cc1. The molecule has 0 spiro atoms. The van der Waals surface area contributed by atoms with Crippen LogP contribution in [0.1, 0.15) is 27.0 Å². The lowest BCUT2D eigenvalue weighted by molar-refractivity contribution is 0.0600. The molecule has 2 aromatic rings. The van der Waals surface area contributed by atoms with Gasteiger partial charge in [0.15, 0.2) is 5.11 Å². The summed E-state index contributed by atoms with van der Waals surface area (Å²) < 4.78 is 4.65. The molecule has 0 aromatic heterocycles. The number of thiocarbonyl (C=S) groups is 1. The highest BCUT2D eigenvalue weighted by Crippen LogP contribution is 2.15. The number of carbonyl (C=O) groups is 1. The standard InChI is InChI=1S/C18H19N3O2S/c1-12-4-9-16(13(2)10-12)20-18(24)21-19-11-14-5-7-15(8-6-14)17(22)23-3/h4-11H,1-3H3,(H2,20,21,24). The summed E-state index contributed by atoms with van der Waals surface area (Å²) in [5.74, 6) is -0.365. The van der Waals surface area contributed by atoms with Crippen LogP contribution in [0.4, 0.5) is 5.69 Å². The van der Waals surface area contributed by atoms with Crippen LogP contribution in [0.5, 0.6) is 0 Å². The Bertz CT molecular complexity index is 770. The van der Waals surface area contributed by atoms with Gasteiger partial charge in [-0.05, 0) is 55.4 Å². The average molecular weight is 341 g/mol. The highest BCUT2D eigenvalue weighted by Gasteiger charge is 2.03. The number of esters is 1. The van der Waals surface area contributed by atoms with Crippen LogP contribution in [-0.4, -0.2) is 24.4 Å². The van der Waals surface area contributed by atoms with E-state index in [1.165, 1.54) is 12.7 Å². The molecule has 0 aliphatic rings. The second-order valence-corrected chi connectivity index (χ2v) is 5.66. The Morgan fingerprint density at radius 3 is 2.50 bits per heavy atom. The van der Waals surface area contributed by atoms with Gasteiger partial charge in [0, 0.05) is 5.69 Å². The molecular weight excluding hydrogens is 322 g/mol. The lowest BCUT2D eigenvalue weighted by Gasteiger charge is -2.10. The van der Waals surface area contributed by atoms with Crippen molar-refractivity contribution in [2.24, 2.45) is 5.10 Å². The van der Waals surface area contributed by atoms with Crippen LogP contribution in [0.15, 0.2) is 47.6 Å². The van der Waals surface area contributed by atoms with Gasteiger partial charge in [-0.1, -0.05) is 29.8 Å². The minimum absolute atomic E-state index is 0.365. The van der Waals surface area contributed by atoms with Crippen LogP contribution in [-0.2, 0) is 4.74 Å². The van der Waals surface area contributed by atoms with Gasteiger partial charge in [-0.2, -0.15) is 5.10 Å². The van der Waals surface area contributed by atoms with Crippen molar-refractivity contribution in [1.29, 1.82) is 0 Å². The molecule has 0 fully saturated rings. The summed E-state index contributed by atoms with van der Waals surface area (Å²) in [6, 6.07) is 13.0. The van der Waals surface area contributed by atoms with E-state index < -0.39 is 0 Å². The van der Waals surface area contributed by atoms with E-state index in [0.717, 1.165) is 16.8 Å². The number of anilines is 1. The first-order valence-electron chi connectivity index (χ1n) is 7.35. The zero-order valence-electron chi connectivity index (χ0n) is 13.8. The van der Waals surface area contributed by atoms with Gasteiger partial charge in [0.1, 0.15) is 0 Å². The van der Waals surface area contributed by atoms with E-state index in [4.69, 9.17) is 12.2 Å². The summed E-state index contributed by atoms with van der Waals surface area (Å²) in [7, 11) is 1.35. The maximum Gasteiger partial charge on any atom is 0.337 e. The Labute approximate surface area is 146 Å². The van der Waals surface area contributed by atoms with E-state index in [1.54, 1.807) is 30.5 Å². The quantitative estimate of drug-likeness (QED) is 0.386. The lowest BCUT2D eigenvalue weighted by Crippen LogP contribution is -2.24. The summed E-state index contributed by atoms with van der Waals surface area (Å²) >= 11 is 5.22. The maximum absolute atomic E-state index is 11.4. The normalized spacial score (nSPS) is 10.5. The third-order valence-corrected chi connectivity index (χ3v) is 3.53. The number of carbonyl (C=O) groups excluding carboxylic acids is 1. The first kappa shape index (κ1) is 17.6. The largest absolute Gasteiger partial charge is 0.465 e. The van der Waals surface area contributed by atoms with Crippen LogP contribution in [0.3, 0.4) is 0 Å². The summed E-state index contributed by atoms with van der Waals surface area (Å²) in [6.45, 7) is 4.06. The molecule has 0 saturated carbocycles. The summed E-state index contributed by atoms with van der Waals surface area (Å²) in [4.78, 5) is 11.4. The van der Waals surface area contributed by atoms with Crippen molar-refractivity contribution < 1.29 is 9.53 Å². The summed E-state index contributed by atoms with van der Waals surface area (Å²) in [5, 5.41) is 7.59. The number of hydrogen-bond acceptors (Lipinski definition) is 4. The third-order valence-electron chi connectivity index (χ3n) is 3.34. The molecular formula is C18H19N3O2S. The van der Waals surface area contributed by atoms with E-state index in [0.29, 0.717) is 10.7 Å². The highest BCUT2D eigenvalue weighted by molar-refractivity contribution is 7.80. The van der Waals surface area contributed by atoms with Gasteiger partial charge in [0.2, 0.25) is 0 Å². The smallest absolute Gasteiger partial charge is 0.337 e. The minimum atomic E-state index is -0.365. The van der Waals surface area contributed by atoms with E-state index in [-0.39, 0.29) is 5.97 Å².